The molecule has 0 unspecified atom stereocenters. The van der Waals surface area contributed by atoms with Gasteiger partial charge in [0.1, 0.15) is 0 Å². The van der Waals surface area contributed by atoms with Gasteiger partial charge in [-0.05, 0) is 85.8 Å². The minimum atomic E-state index is 1.20. The van der Waals surface area contributed by atoms with E-state index in [1.54, 1.807) is 0 Å². The van der Waals surface area contributed by atoms with E-state index in [0.29, 0.717) is 0 Å². The zero-order valence-electron chi connectivity index (χ0n) is 25.0. The highest BCUT2D eigenvalue weighted by molar-refractivity contribution is 6.15. The Morgan fingerprint density at radius 3 is 1.32 bits per heavy atom. The predicted octanol–water partition coefficient (Wildman–Crippen LogP) is 13.1. The van der Waals surface area contributed by atoms with Crippen molar-refractivity contribution in [3.63, 3.8) is 0 Å². The Morgan fingerprint density at radius 2 is 0.775 bits per heavy atom. The van der Waals surface area contributed by atoms with Crippen LogP contribution in [0, 0.1) is 0 Å². The molecule has 0 aromatic heterocycles. The Hall–Kier alpha value is -2.86. The fourth-order valence-electron chi connectivity index (χ4n) is 6.58. The smallest absolute Gasteiger partial charge is 0.00988 e. The second-order valence-electron chi connectivity index (χ2n) is 12.3. The highest BCUT2D eigenvalue weighted by Crippen LogP contribution is 2.32. The van der Waals surface area contributed by atoms with Crippen LogP contribution in [0.5, 0.6) is 0 Å². The van der Waals surface area contributed by atoms with Crippen LogP contribution >= 0.6 is 0 Å². The van der Waals surface area contributed by atoms with Gasteiger partial charge in [-0.3, -0.25) is 0 Å². The van der Waals surface area contributed by atoms with E-state index >= 15 is 0 Å². The van der Waals surface area contributed by atoms with Crippen LogP contribution in [0.2, 0.25) is 0 Å². The highest BCUT2D eigenvalue weighted by atomic mass is 14.1. The lowest BCUT2D eigenvalue weighted by Gasteiger charge is -2.10. The zero-order chi connectivity index (χ0) is 27.4. The van der Waals surface area contributed by atoms with Crippen LogP contribution in [-0.4, -0.2) is 0 Å². The van der Waals surface area contributed by atoms with Gasteiger partial charge in [-0.25, -0.2) is 0 Å². The van der Waals surface area contributed by atoms with E-state index in [9.17, 15) is 0 Å². The maximum Gasteiger partial charge on any atom is -0.00988 e. The molecule has 0 aliphatic rings. The number of rotatable bonds is 17. The summed E-state index contributed by atoms with van der Waals surface area (Å²) in [5, 5.41) is 10.7. The van der Waals surface area contributed by atoms with Crippen LogP contribution in [0.4, 0.5) is 0 Å². The monoisotopic (exact) mass is 530 g/mol. The lowest BCUT2D eigenvalue weighted by atomic mass is 9.95. The lowest BCUT2D eigenvalue weighted by molar-refractivity contribution is 0.529. The average molecular weight is 531 g/mol. The molecule has 0 aliphatic carbocycles. The first-order valence-corrected chi connectivity index (χ1v) is 16.6. The molecule has 0 bridgehead atoms. The summed E-state index contributed by atoms with van der Waals surface area (Å²) >= 11 is 0. The molecule has 5 aromatic carbocycles. The molecule has 0 radical (unpaired) electrons. The van der Waals surface area contributed by atoms with Crippen LogP contribution < -0.4 is 0 Å². The Labute approximate surface area is 243 Å². The Balaban J connectivity index is 1.03. The molecule has 5 aromatic rings. The van der Waals surface area contributed by atoms with Gasteiger partial charge >= 0.3 is 0 Å². The van der Waals surface area contributed by atoms with E-state index < -0.39 is 0 Å². The highest BCUT2D eigenvalue weighted by Gasteiger charge is 2.06. The van der Waals surface area contributed by atoms with Gasteiger partial charge in [0.2, 0.25) is 0 Å². The molecular weight excluding hydrogens is 480 g/mol. The van der Waals surface area contributed by atoms with E-state index in [2.05, 4.69) is 85.8 Å². The summed E-state index contributed by atoms with van der Waals surface area (Å²) in [4.78, 5) is 0. The number of hydrogen-bond donors (Lipinski definition) is 0. The second-order valence-corrected chi connectivity index (χ2v) is 12.3. The van der Waals surface area contributed by atoms with Gasteiger partial charge in [0.05, 0.1) is 0 Å². The maximum atomic E-state index is 2.44. The van der Waals surface area contributed by atoms with Crippen LogP contribution in [0.3, 0.4) is 0 Å². The van der Waals surface area contributed by atoms with Crippen molar-refractivity contribution in [2.24, 2.45) is 0 Å². The summed E-state index contributed by atoms with van der Waals surface area (Å²) in [7, 11) is 0. The molecule has 0 aliphatic heterocycles. The Morgan fingerprint density at radius 1 is 0.350 bits per heavy atom. The maximum absolute atomic E-state index is 2.44. The van der Waals surface area contributed by atoms with Crippen molar-refractivity contribution in [2.75, 3.05) is 0 Å². The molecule has 0 fully saturated rings. The molecule has 5 rings (SSSR count). The summed E-state index contributed by atoms with van der Waals surface area (Å²) in [5.41, 5.74) is 1.49. The molecule has 210 valence electrons. The minimum Gasteiger partial charge on any atom is -0.0654 e. The second kappa shape index (κ2) is 15.2. The van der Waals surface area contributed by atoms with Gasteiger partial charge in [0.15, 0.2) is 0 Å². The third-order valence-electron chi connectivity index (χ3n) is 9.04. The van der Waals surface area contributed by atoms with E-state index in [0.717, 1.165) is 0 Å². The van der Waals surface area contributed by atoms with E-state index in [4.69, 9.17) is 0 Å². The zero-order valence-corrected chi connectivity index (χ0v) is 25.0. The SMILES string of the molecule is CCCCCCCCCCCCCCCCCCc1ccc2cc3c(ccc4cc5ccccc5cc43)cc2c1. The first-order valence-electron chi connectivity index (χ1n) is 16.6. The van der Waals surface area contributed by atoms with Gasteiger partial charge < -0.3 is 0 Å². The Kier molecular flexibility index (Phi) is 10.9. The van der Waals surface area contributed by atoms with Gasteiger partial charge in [0.25, 0.3) is 0 Å². The van der Waals surface area contributed by atoms with Gasteiger partial charge in [-0.2, -0.15) is 0 Å². The molecule has 0 saturated carbocycles. The number of hydrogen-bond acceptors (Lipinski definition) is 0. The molecule has 40 heavy (non-hydrogen) atoms. The number of aryl methyl sites for hydroxylation is 1. The molecular formula is C40H50. The fourth-order valence-corrected chi connectivity index (χ4v) is 6.58. The standard InChI is InChI=1S/C40H50/c1-2-3-4-5-6-7-8-9-10-11-12-13-14-15-16-17-20-32-23-24-35-31-40-37(29-38(35)27-32)26-25-36-28-33-21-18-19-22-34(33)30-39(36)40/h18-19,21-31H,2-17,20H2,1H3. The summed E-state index contributed by atoms with van der Waals surface area (Å²) in [6, 6.07) is 29.9. The summed E-state index contributed by atoms with van der Waals surface area (Å²) < 4.78 is 0. The van der Waals surface area contributed by atoms with Crippen molar-refractivity contribution in [2.45, 2.75) is 116 Å². The van der Waals surface area contributed by atoms with E-state index in [-0.39, 0.29) is 0 Å². The van der Waals surface area contributed by atoms with Crippen molar-refractivity contribution in [3.05, 3.63) is 84.4 Å². The third kappa shape index (κ3) is 7.87. The Bertz CT molecular complexity index is 1490. The normalized spacial score (nSPS) is 11.8. The van der Waals surface area contributed by atoms with Gasteiger partial charge in [-0.1, -0.05) is 158 Å². The van der Waals surface area contributed by atoms with Crippen molar-refractivity contribution < 1.29 is 0 Å². The van der Waals surface area contributed by atoms with Gasteiger partial charge in [-0.15, -0.1) is 0 Å². The molecule has 0 heterocycles. The number of unbranched alkanes of at least 4 members (excludes halogenated alkanes) is 15. The molecule has 0 nitrogen and oxygen atoms in total. The fraction of sp³-hybridized carbons (Fsp3) is 0.450. The van der Waals surface area contributed by atoms with Crippen LogP contribution in [-0.2, 0) is 6.42 Å². The molecule has 0 spiro atoms. The molecule has 0 amide bonds. The lowest BCUT2D eigenvalue weighted by Crippen LogP contribution is -1.88. The number of fused-ring (bicyclic) bond motifs is 5. The first kappa shape index (κ1) is 28.7. The molecule has 0 N–H and O–H groups in total. The van der Waals surface area contributed by atoms with Gasteiger partial charge in [0, 0.05) is 0 Å². The first-order chi connectivity index (χ1) is 19.8. The number of benzene rings is 5. The van der Waals surface area contributed by atoms with E-state index in [1.165, 1.54) is 158 Å². The summed E-state index contributed by atoms with van der Waals surface area (Å²) in [6.45, 7) is 2.30. The molecule has 0 saturated heterocycles. The van der Waals surface area contributed by atoms with Crippen LogP contribution in [0.15, 0.2) is 78.9 Å². The largest absolute Gasteiger partial charge is 0.0654 e. The average Bonchev–Trinajstić information content (AvgIpc) is 2.99. The van der Waals surface area contributed by atoms with Crippen LogP contribution in [0.1, 0.15) is 115 Å². The predicted molar refractivity (Wildman–Crippen MR) is 180 cm³/mol. The topological polar surface area (TPSA) is 0 Å². The van der Waals surface area contributed by atoms with E-state index in [1.807, 2.05) is 0 Å². The van der Waals surface area contributed by atoms with Crippen LogP contribution in [0.25, 0.3) is 43.1 Å². The third-order valence-corrected chi connectivity index (χ3v) is 9.04. The summed E-state index contributed by atoms with van der Waals surface area (Å²) in [6.07, 6.45) is 24.1. The van der Waals surface area contributed by atoms with Crippen molar-refractivity contribution in [1.82, 2.24) is 0 Å². The molecule has 0 atom stereocenters. The molecule has 0 heteroatoms. The van der Waals surface area contributed by atoms with Crippen molar-refractivity contribution >= 4 is 43.1 Å². The van der Waals surface area contributed by atoms with Crippen molar-refractivity contribution in [3.8, 4) is 0 Å². The quantitative estimate of drug-likeness (QED) is 0.0637. The minimum absolute atomic E-state index is 1.20. The van der Waals surface area contributed by atoms with Crippen molar-refractivity contribution in [1.29, 1.82) is 0 Å². The summed E-state index contributed by atoms with van der Waals surface area (Å²) in [5.74, 6) is 0.